The molecule has 1 unspecified atom stereocenters. The minimum atomic E-state index is 0.717. The molecule has 90 valence electrons. The second-order valence-electron chi connectivity index (χ2n) is 4.25. The SMILES string of the molecule is CCCCOCCOCC1CCCNC1. The topological polar surface area (TPSA) is 30.5 Å². The van der Waals surface area contributed by atoms with Crippen LogP contribution in [0.15, 0.2) is 0 Å². The monoisotopic (exact) mass is 215 g/mol. The first-order chi connectivity index (χ1) is 7.43. The highest BCUT2D eigenvalue weighted by Crippen LogP contribution is 2.09. The molecule has 0 spiro atoms. The third-order valence-electron chi connectivity index (χ3n) is 2.77. The minimum Gasteiger partial charge on any atom is -0.379 e. The quantitative estimate of drug-likeness (QED) is 0.627. The Morgan fingerprint density at radius 1 is 1.20 bits per heavy atom. The Labute approximate surface area is 93.5 Å². The van der Waals surface area contributed by atoms with Crippen LogP contribution in [0.2, 0.25) is 0 Å². The molecule has 3 heteroatoms. The lowest BCUT2D eigenvalue weighted by atomic mass is 10.0. The highest BCUT2D eigenvalue weighted by Gasteiger charge is 2.12. The average Bonchev–Trinajstić information content (AvgIpc) is 2.29. The summed E-state index contributed by atoms with van der Waals surface area (Å²) in [4.78, 5) is 0. The van der Waals surface area contributed by atoms with Crippen molar-refractivity contribution in [2.75, 3.05) is 39.5 Å². The molecule has 0 amide bonds. The van der Waals surface area contributed by atoms with E-state index in [0.717, 1.165) is 45.3 Å². The van der Waals surface area contributed by atoms with Gasteiger partial charge in [0.15, 0.2) is 0 Å². The summed E-state index contributed by atoms with van der Waals surface area (Å²) in [6.45, 7) is 7.75. The van der Waals surface area contributed by atoms with E-state index in [-0.39, 0.29) is 0 Å². The summed E-state index contributed by atoms with van der Waals surface area (Å²) in [7, 11) is 0. The van der Waals surface area contributed by atoms with E-state index in [1.807, 2.05) is 0 Å². The van der Waals surface area contributed by atoms with Crippen LogP contribution in [0.1, 0.15) is 32.6 Å². The Morgan fingerprint density at radius 2 is 2.07 bits per heavy atom. The lowest BCUT2D eigenvalue weighted by Gasteiger charge is -2.22. The first-order valence-corrected chi connectivity index (χ1v) is 6.29. The zero-order valence-corrected chi connectivity index (χ0v) is 9.96. The van der Waals surface area contributed by atoms with Crippen LogP contribution in [-0.4, -0.2) is 39.5 Å². The van der Waals surface area contributed by atoms with Gasteiger partial charge in [-0.15, -0.1) is 0 Å². The van der Waals surface area contributed by atoms with E-state index in [0.29, 0.717) is 0 Å². The van der Waals surface area contributed by atoms with Crippen molar-refractivity contribution >= 4 is 0 Å². The highest BCUT2D eigenvalue weighted by molar-refractivity contribution is 4.67. The summed E-state index contributed by atoms with van der Waals surface area (Å²) >= 11 is 0. The number of piperidine rings is 1. The minimum absolute atomic E-state index is 0.717. The maximum Gasteiger partial charge on any atom is 0.0700 e. The van der Waals surface area contributed by atoms with Gasteiger partial charge < -0.3 is 14.8 Å². The van der Waals surface area contributed by atoms with Crippen LogP contribution >= 0.6 is 0 Å². The molecule has 0 aromatic carbocycles. The molecule has 15 heavy (non-hydrogen) atoms. The van der Waals surface area contributed by atoms with Gasteiger partial charge >= 0.3 is 0 Å². The van der Waals surface area contributed by atoms with Gasteiger partial charge in [-0.1, -0.05) is 13.3 Å². The Morgan fingerprint density at radius 3 is 2.80 bits per heavy atom. The molecule has 3 nitrogen and oxygen atoms in total. The van der Waals surface area contributed by atoms with Gasteiger partial charge in [-0.05, 0) is 31.7 Å². The second kappa shape index (κ2) is 9.13. The van der Waals surface area contributed by atoms with Crippen molar-refractivity contribution < 1.29 is 9.47 Å². The summed E-state index contributed by atoms with van der Waals surface area (Å²) in [5.41, 5.74) is 0. The number of rotatable bonds is 8. The molecule has 0 aromatic heterocycles. The zero-order chi connectivity index (χ0) is 10.8. The number of hydrogen-bond donors (Lipinski definition) is 1. The van der Waals surface area contributed by atoms with Crippen LogP contribution in [0.4, 0.5) is 0 Å². The van der Waals surface area contributed by atoms with Crippen LogP contribution in [0.25, 0.3) is 0 Å². The summed E-state index contributed by atoms with van der Waals surface area (Å²) < 4.78 is 11.0. The fourth-order valence-electron chi connectivity index (χ4n) is 1.78. The van der Waals surface area contributed by atoms with Gasteiger partial charge in [0.1, 0.15) is 0 Å². The molecule has 0 aliphatic carbocycles. The van der Waals surface area contributed by atoms with E-state index in [1.165, 1.54) is 25.8 Å². The molecule has 0 aromatic rings. The molecule has 0 radical (unpaired) electrons. The predicted molar refractivity (Wildman–Crippen MR) is 62.1 cm³/mol. The fourth-order valence-corrected chi connectivity index (χ4v) is 1.78. The van der Waals surface area contributed by atoms with E-state index in [2.05, 4.69) is 12.2 Å². The van der Waals surface area contributed by atoms with E-state index >= 15 is 0 Å². The van der Waals surface area contributed by atoms with Crippen molar-refractivity contribution in [1.82, 2.24) is 5.32 Å². The Hall–Kier alpha value is -0.120. The van der Waals surface area contributed by atoms with Crippen molar-refractivity contribution in [3.63, 3.8) is 0 Å². The molecule has 1 saturated heterocycles. The number of unbranched alkanes of at least 4 members (excludes halogenated alkanes) is 1. The predicted octanol–water partition coefficient (Wildman–Crippen LogP) is 1.82. The molecule has 1 rings (SSSR count). The lowest BCUT2D eigenvalue weighted by molar-refractivity contribution is 0.0291. The standard InChI is InChI=1S/C12H25NO2/c1-2-3-7-14-8-9-15-11-12-5-4-6-13-10-12/h12-13H,2-11H2,1H3. The Kier molecular flexibility index (Phi) is 7.88. The Balaban J connectivity index is 1.79. The van der Waals surface area contributed by atoms with Crippen LogP contribution in [-0.2, 0) is 9.47 Å². The van der Waals surface area contributed by atoms with Crippen molar-refractivity contribution in [1.29, 1.82) is 0 Å². The molecule has 1 aliphatic rings. The maximum absolute atomic E-state index is 5.59. The second-order valence-corrected chi connectivity index (χ2v) is 4.25. The molecule has 0 bridgehead atoms. The molecule has 1 fully saturated rings. The van der Waals surface area contributed by atoms with E-state index in [4.69, 9.17) is 9.47 Å². The van der Waals surface area contributed by atoms with E-state index in [9.17, 15) is 0 Å². The molecule has 0 saturated carbocycles. The van der Waals surface area contributed by atoms with Crippen LogP contribution in [0.3, 0.4) is 0 Å². The molecule has 1 heterocycles. The molecular formula is C12H25NO2. The van der Waals surface area contributed by atoms with Crippen molar-refractivity contribution in [2.24, 2.45) is 5.92 Å². The van der Waals surface area contributed by atoms with E-state index in [1.54, 1.807) is 0 Å². The van der Waals surface area contributed by atoms with Crippen molar-refractivity contribution in [3.05, 3.63) is 0 Å². The largest absolute Gasteiger partial charge is 0.379 e. The first kappa shape index (κ1) is 12.9. The Bertz CT molecular complexity index is 136. The van der Waals surface area contributed by atoms with Gasteiger partial charge in [0.05, 0.1) is 19.8 Å². The molecular weight excluding hydrogens is 190 g/mol. The number of nitrogens with one attached hydrogen (secondary N) is 1. The zero-order valence-electron chi connectivity index (χ0n) is 9.96. The maximum atomic E-state index is 5.59. The molecule has 1 N–H and O–H groups in total. The first-order valence-electron chi connectivity index (χ1n) is 6.29. The smallest absolute Gasteiger partial charge is 0.0700 e. The van der Waals surface area contributed by atoms with E-state index < -0.39 is 0 Å². The van der Waals surface area contributed by atoms with Crippen molar-refractivity contribution in [2.45, 2.75) is 32.6 Å². The van der Waals surface area contributed by atoms with Crippen LogP contribution in [0.5, 0.6) is 0 Å². The van der Waals surface area contributed by atoms with Crippen LogP contribution < -0.4 is 5.32 Å². The third-order valence-corrected chi connectivity index (χ3v) is 2.77. The van der Waals surface area contributed by atoms with Gasteiger partial charge in [-0.2, -0.15) is 0 Å². The van der Waals surface area contributed by atoms with Gasteiger partial charge in [0.25, 0.3) is 0 Å². The van der Waals surface area contributed by atoms with Gasteiger partial charge in [-0.25, -0.2) is 0 Å². The number of hydrogen-bond acceptors (Lipinski definition) is 3. The normalized spacial score (nSPS) is 21.8. The van der Waals surface area contributed by atoms with Crippen LogP contribution in [0, 0.1) is 5.92 Å². The van der Waals surface area contributed by atoms with Gasteiger partial charge in [0, 0.05) is 13.2 Å². The van der Waals surface area contributed by atoms with Gasteiger partial charge in [0.2, 0.25) is 0 Å². The summed E-state index contributed by atoms with van der Waals surface area (Å²) in [5.74, 6) is 0.717. The molecule has 1 atom stereocenters. The molecule has 1 aliphatic heterocycles. The van der Waals surface area contributed by atoms with Crippen molar-refractivity contribution in [3.8, 4) is 0 Å². The summed E-state index contributed by atoms with van der Waals surface area (Å²) in [6, 6.07) is 0. The van der Waals surface area contributed by atoms with Gasteiger partial charge in [-0.3, -0.25) is 0 Å². The summed E-state index contributed by atoms with van der Waals surface area (Å²) in [6.07, 6.45) is 4.96. The average molecular weight is 215 g/mol. The fraction of sp³-hybridized carbons (Fsp3) is 1.00. The number of ether oxygens (including phenoxy) is 2. The lowest BCUT2D eigenvalue weighted by Crippen LogP contribution is -2.32. The third kappa shape index (κ3) is 6.88. The summed E-state index contributed by atoms with van der Waals surface area (Å²) in [5, 5.41) is 3.39. The highest BCUT2D eigenvalue weighted by atomic mass is 16.5.